The Morgan fingerprint density at radius 2 is 2.00 bits per heavy atom. The minimum Gasteiger partial charge on any atom is -0.307 e. The molecular weight excluding hydrogens is 228 g/mol. The number of hydrogen-bond acceptors (Lipinski definition) is 3. The molecule has 0 spiro atoms. The van der Waals surface area contributed by atoms with Crippen molar-refractivity contribution in [1.29, 1.82) is 0 Å². The largest absolute Gasteiger partial charge is 0.324 e. The van der Waals surface area contributed by atoms with Gasteiger partial charge < -0.3 is 5.32 Å². The lowest BCUT2D eigenvalue weighted by Gasteiger charge is -2.10. The third-order valence-corrected chi connectivity index (χ3v) is 2.46. The highest BCUT2D eigenvalue weighted by atomic mass is 16.2. The number of carbonyl (C=O) groups excluding carboxylic acids is 1. The van der Waals surface area contributed by atoms with E-state index in [0.29, 0.717) is 5.82 Å². The quantitative estimate of drug-likeness (QED) is 0.850. The van der Waals surface area contributed by atoms with Gasteiger partial charge in [0.05, 0.1) is 0 Å². The van der Waals surface area contributed by atoms with E-state index in [0.717, 1.165) is 16.8 Å². The summed E-state index contributed by atoms with van der Waals surface area (Å²) in [5.74, 6) is 0.466. The Kier molecular flexibility index (Phi) is 3.52. The number of hydrogen-bond donors (Lipinski definition) is 2. The molecule has 0 fully saturated rings. The van der Waals surface area contributed by atoms with Crippen LogP contribution in [0.5, 0.6) is 0 Å². The maximum Gasteiger partial charge on any atom is 0.324 e. The van der Waals surface area contributed by atoms with E-state index < -0.39 is 0 Å². The third kappa shape index (κ3) is 3.04. The maximum absolute atomic E-state index is 11.8. The molecule has 0 unspecified atom stereocenters. The second-order valence-electron chi connectivity index (χ2n) is 3.99. The Labute approximate surface area is 105 Å². The number of aromatic nitrogens is 2. The molecule has 5 heteroatoms. The van der Waals surface area contributed by atoms with E-state index in [1.54, 1.807) is 12.3 Å². The Hall–Kier alpha value is -2.43. The highest BCUT2D eigenvalue weighted by molar-refractivity contribution is 5.99. The molecule has 2 aromatic rings. The first-order valence-corrected chi connectivity index (χ1v) is 5.56. The van der Waals surface area contributed by atoms with Crippen molar-refractivity contribution in [3.05, 3.63) is 47.9 Å². The van der Waals surface area contributed by atoms with E-state index in [1.165, 1.54) is 6.33 Å². The summed E-state index contributed by atoms with van der Waals surface area (Å²) in [6, 6.07) is 7.21. The number of amides is 2. The van der Waals surface area contributed by atoms with Gasteiger partial charge in [0.25, 0.3) is 0 Å². The number of benzene rings is 1. The van der Waals surface area contributed by atoms with Crippen LogP contribution in [0.3, 0.4) is 0 Å². The molecule has 1 aromatic carbocycles. The summed E-state index contributed by atoms with van der Waals surface area (Å²) in [4.78, 5) is 19.5. The van der Waals surface area contributed by atoms with E-state index in [2.05, 4.69) is 20.6 Å². The standard InChI is InChI=1S/C13H14N4O/c1-9-3-4-10(2)11(7-9)16-13(18)17-12-5-6-14-8-15-12/h3-8H,1-2H3,(H2,14,15,16,17,18). The first-order valence-electron chi connectivity index (χ1n) is 5.56. The fourth-order valence-corrected chi connectivity index (χ4v) is 1.51. The molecule has 2 rings (SSSR count). The molecule has 0 radical (unpaired) electrons. The molecule has 1 aromatic heterocycles. The van der Waals surface area contributed by atoms with Crippen LogP contribution in [0, 0.1) is 13.8 Å². The monoisotopic (exact) mass is 242 g/mol. The van der Waals surface area contributed by atoms with Crippen molar-refractivity contribution in [2.45, 2.75) is 13.8 Å². The Bertz CT molecular complexity index is 554. The smallest absolute Gasteiger partial charge is 0.307 e. The van der Waals surface area contributed by atoms with Gasteiger partial charge in [-0.1, -0.05) is 12.1 Å². The molecule has 0 saturated carbocycles. The zero-order valence-corrected chi connectivity index (χ0v) is 10.3. The van der Waals surface area contributed by atoms with Gasteiger partial charge in [-0.15, -0.1) is 0 Å². The van der Waals surface area contributed by atoms with E-state index >= 15 is 0 Å². The predicted molar refractivity (Wildman–Crippen MR) is 70.6 cm³/mol. The number of anilines is 2. The van der Waals surface area contributed by atoms with E-state index in [4.69, 9.17) is 0 Å². The average molecular weight is 242 g/mol. The number of carbonyl (C=O) groups is 1. The first-order chi connectivity index (χ1) is 8.65. The van der Waals surface area contributed by atoms with Crippen LogP contribution in [0.25, 0.3) is 0 Å². The second-order valence-corrected chi connectivity index (χ2v) is 3.99. The Balaban J connectivity index is 2.05. The van der Waals surface area contributed by atoms with Crippen molar-refractivity contribution >= 4 is 17.5 Å². The third-order valence-electron chi connectivity index (χ3n) is 2.46. The van der Waals surface area contributed by atoms with Crippen LogP contribution in [0.1, 0.15) is 11.1 Å². The molecule has 18 heavy (non-hydrogen) atoms. The molecule has 0 saturated heterocycles. The summed E-state index contributed by atoms with van der Waals surface area (Å²) in [6.45, 7) is 3.92. The second kappa shape index (κ2) is 5.27. The van der Waals surface area contributed by atoms with Gasteiger partial charge in [-0.2, -0.15) is 0 Å². The van der Waals surface area contributed by atoms with Crippen LogP contribution in [0.2, 0.25) is 0 Å². The zero-order valence-electron chi connectivity index (χ0n) is 10.3. The van der Waals surface area contributed by atoms with Gasteiger partial charge in [-0.25, -0.2) is 14.8 Å². The summed E-state index contributed by atoms with van der Waals surface area (Å²) in [6.07, 6.45) is 2.95. The number of rotatable bonds is 2. The van der Waals surface area contributed by atoms with Gasteiger partial charge >= 0.3 is 6.03 Å². The minimum atomic E-state index is -0.317. The fraction of sp³-hybridized carbons (Fsp3) is 0.154. The molecule has 5 nitrogen and oxygen atoms in total. The lowest BCUT2D eigenvalue weighted by Crippen LogP contribution is -2.20. The van der Waals surface area contributed by atoms with Crippen LogP contribution in [-0.4, -0.2) is 16.0 Å². The van der Waals surface area contributed by atoms with E-state index in [1.807, 2.05) is 32.0 Å². The summed E-state index contributed by atoms with van der Waals surface area (Å²) >= 11 is 0. The highest BCUT2D eigenvalue weighted by Gasteiger charge is 2.05. The molecule has 0 bridgehead atoms. The van der Waals surface area contributed by atoms with E-state index in [-0.39, 0.29) is 6.03 Å². The van der Waals surface area contributed by atoms with Gasteiger partial charge in [0.2, 0.25) is 0 Å². The van der Waals surface area contributed by atoms with E-state index in [9.17, 15) is 4.79 Å². The molecule has 0 aliphatic heterocycles. The lowest BCUT2D eigenvalue weighted by atomic mass is 10.1. The van der Waals surface area contributed by atoms with Crippen molar-refractivity contribution in [2.75, 3.05) is 10.6 Å². The van der Waals surface area contributed by atoms with Gasteiger partial charge in [0.1, 0.15) is 12.1 Å². The minimum absolute atomic E-state index is 0.317. The van der Waals surface area contributed by atoms with Crippen LogP contribution in [0.4, 0.5) is 16.3 Å². The molecule has 2 N–H and O–H groups in total. The lowest BCUT2D eigenvalue weighted by molar-refractivity contribution is 0.262. The van der Waals surface area contributed by atoms with Gasteiger partial charge in [-0.05, 0) is 37.1 Å². The molecule has 2 amide bonds. The van der Waals surface area contributed by atoms with Crippen LogP contribution in [0.15, 0.2) is 36.8 Å². The van der Waals surface area contributed by atoms with Gasteiger partial charge in [-0.3, -0.25) is 5.32 Å². The molecule has 92 valence electrons. The van der Waals surface area contributed by atoms with Crippen molar-refractivity contribution in [2.24, 2.45) is 0 Å². The SMILES string of the molecule is Cc1ccc(C)c(NC(=O)Nc2ccncn2)c1. The first kappa shape index (κ1) is 12.0. The highest BCUT2D eigenvalue weighted by Crippen LogP contribution is 2.16. The number of nitrogens with zero attached hydrogens (tertiary/aromatic N) is 2. The van der Waals surface area contributed by atoms with Crippen LogP contribution < -0.4 is 10.6 Å². The summed E-state index contributed by atoms with van der Waals surface area (Å²) in [7, 11) is 0. The average Bonchev–Trinajstić information content (AvgIpc) is 2.35. The topological polar surface area (TPSA) is 66.9 Å². The number of nitrogens with one attached hydrogen (secondary N) is 2. The van der Waals surface area contributed by atoms with Crippen molar-refractivity contribution in [1.82, 2.24) is 9.97 Å². The zero-order chi connectivity index (χ0) is 13.0. The fourth-order valence-electron chi connectivity index (χ4n) is 1.51. The molecule has 0 aliphatic rings. The van der Waals surface area contributed by atoms with Gasteiger partial charge in [0, 0.05) is 11.9 Å². The van der Waals surface area contributed by atoms with Crippen LogP contribution in [-0.2, 0) is 0 Å². The van der Waals surface area contributed by atoms with Crippen molar-refractivity contribution in [3.8, 4) is 0 Å². The molecule has 0 atom stereocenters. The van der Waals surface area contributed by atoms with Crippen molar-refractivity contribution in [3.63, 3.8) is 0 Å². The van der Waals surface area contributed by atoms with Crippen molar-refractivity contribution < 1.29 is 4.79 Å². The Morgan fingerprint density at radius 3 is 2.72 bits per heavy atom. The summed E-state index contributed by atoms with van der Waals surface area (Å²) in [5, 5.41) is 5.42. The Morgan fingerprint density at radius 1 is 1.17 bits per heavy atom. The maximum atomic E-state index is 11.8. The normalized spacial score (nSPS) is 9.89. The number of aryl methyl sites for hydroxylation is 2. The molecule has 1 heterocycles. The summed E-state index contributed by atoms with van der Waals surface area (Å²) < 4.78 is 0. The van der Waals surface area contributed by atoms with Crippen LogP contribution >= 0.6 is 0 Å². The predicted octanol–water partition coefficient (Wildman–Crippen LogP) is 2.74. The summed E-state index contributed by atoms with van der Waals surface area (Å²) in [5.41, 5.74) is 2.90. The van der Waals surface area contributed by atoms with Gasteiger partial charge in [0.15, 0.2) is 0 Å². The molecule has 0 aliphatic carbocycles. The number of urea groups is 1. The molecular formula is C13H14N4O.